The lowest BCUT2D eigenvalue weighted by atomic mass is 9.84. The highest BCUT2D eigenvalue weighted by atomic mass is 16.2. The minimum atomic E-state index is -0.477. The summed E-state index contributed by atoms with van der Waals surface area (Å²) in [6.45, 7) is 3.16. The van der Waals surface area contributed by atoms with E-state index >= 15 is 0 Å². The van der Waals surface area contributed by atoms with Crippen LogP contribution in [0.2, 0.25) is 0 Å². The van der Waals surface area contributed by atoms with Gasteiger partial charge in [0.25, 0.3) is 5.91 Å². The van der Waals surface area contributed by atoms with Gasteiger partial charge in [0.1, 0.15) is 12.6 Å². The molecule has 1 atom stereocenters. The zero-order valence-electron chi connectivity index (χ0n) is 14.7. The molecular weight excluding hydrogens is 324 g/mol. The van der Waals surface area contributed by atoms with E-state index in [1.807, 2.05) is 0 Å². The second-order valence-corrected chi connectivity index (χ2v) is 7.14. The Bertz CT molecular complexity index is 565. The summed E-state index contributed by atoms with van der Waals surface area (Å²) in [5.74, 6) is -0.329. The van der Waals surface area contributed by atoms with Crippen LogP contribution in [-0.2, 0) is 14.4 Å². The van der Waals surface area contributed by atoms with Crippen molar-refractivity contribution in [1.29, 1.82) is 0 Å². The largest absolute Gasteiger partial charge is 0.339 e. The highest BCUT2D eigenvalue weighted by Gasteiger charge is 2.43. The maximum absolute atomic E-state index is 12.6. The highest BCUT2D eigenvalue weighted by molar-refractivity contribution is 6.06. The Hall–Kier alpha value is -2.12. The summed E-state index contributed by atoms with van der Waals surface area (Å²) < 4.78 is 0. The van der Waals surface area contributed by atoms with Gasteiger partial charge in [-0.15, -0.1) is 0 Å². The number of piperazine rings is 1. The lowest BCUT2D eigenvalue weighted by molar-refractivity contribution is -0.141. The van der Waals surface area contributed by atoms with Crippen molar-refractivity contribution in [2.75, 3.05) is 32.7 Å². The molecule has 0 radical (unpaired) electrons. The molecule has 0 bridgehead atoms. The summed E-state index contributed by atoms with van der Waals surface area (Å²) >= 11 is 0. The Kier molecular flexibility index (Phi) is 5.24. The molecule has 2 heterocycles. The van der Waals surface area contributed by atoms with Crippen LogP contribution in [0, 0.1) is 5.92 Å². The van der Waals surface area contributed by atoms with Crippen LogP contribution in [0.25, 0.3) is 0 Å². The first-order valence-corrected chi connectivity index (χ1v) is 9.12. The van der Waals surface area contributed by atoms with Gasteiger partial charge in [-0.05, 0) is 18.8 Å². The molecule has 3 rings (SSSR count). The van der Waals surface area contributed by atoms with Crippen LogP contribution in [0.1, 0.15) is 39.0 Å². The van der Waals surface area contributed by atoms with E-state index in [2.05, 4.69) is 5.32 Å². The summed E-state index contributed by atoms with van der Waals surface area (Å²) in [4.78, 5) is 52.9. The van der Waals surface area contributed by atoms with Gasteiger partial charge >= 0.3 is 6.03 Å². The van der Waals surface area contributed by atoms with Crippen LogP contribution in [0.3, 0.4) is 0 Å². The predicted octanol–water partition coefficient (Wildman–Crippen LogP) is 0.178. The minimum Gasteiger partial charge on any atom is -0.339 e. The number of amides is 5. The Morgan fingerprint density at radius 3 is 2.20 bits per heavy atom. The van der Waals surface area contributed by atoms with Crippen molar-refractivity contribution in [1.82, 2.24) is 20.0 Å². The highest BCUT2D eigenvalue weighted by Crippen LogP contribution is 2.29. The van der Waals surface area contributed by atoms with E-state index in [9.17, 15) is 19.2 Å². The monoisotopic (exact) mass is 350 g/mol. The van der Waals surface area contributed by atoms with Gasteiger partial charge in [-0.1, -0.05) is 19.3 Å². The fourth-order valence-electron chi connectivity index (χ4n) is 3.98. The molecule has 5 amide bonds. The summed E-state index contributed by atoms with van der Waals surface area (Å²) in [6, 6.07) is -0.938. The topological polar surface area (TPSA) is 90.0 Å². The molecule has 3 aliphatic rings. The average molecular weight is 350 g/mol. The van der Waals surface area contributed by atoms with Crippen LogP contribution in [-0.4, -0.2) is 77.2 Å². The molecule has 0 unspecified atom stereocenters. The molecule has 2 saturated heterocycles. The van der Waals surface area contributed by atoms with Crippen molar-refractivity contribution in [3.8, 4) is 0 Å². The summed E-state index contributed by atoms with van der Waals surface area (Å²) in [6.07, 6.45) is 5.25. The first-order valence-electron chi connectivity index (χ1n) is 9.12. The molecule has 2 aliphatic heterocycles. The van der Waals surface area contributed by atoms with Gasteiger partial charge in [0.05, 0.1) is 0 Å². The van der Waals surface area contributed by atoms with Gasteiger partial charge in [-0.3, -0.25) is 19.3 Å². The van der Waals surface area contributed by atoms with Crippen LogP contribution >= 0.6 is 0 Å². The third kappa shape index (κ3) is 3.77. The molecule has 0 spiro atoms. The quantitative estimate of drug-likeness (QED) is 0.735. The number of urea groups is 1. The standard InChI is InChI=1S/C17H26N4O4/c1-12(22)19-7-9-20(10-8-19)14(23)11-21-16(24)15(18-17(21)25)13-5-3-2-4-6-13/h13,15H,2-11H2,1H3,(H,18,25)/t15-/m0/s1. The molecular formula is C17H26N4O4. The second-order valence-electron chi connectivity index (χ2n) is 7.14. The lowest BCUT2D eigenvalue weighted by Crippen LogP contribution is -2.52. The third-order valence-corrected chi connectivity index (χ3v) is 5.55. The molecule has 1 saturated carbocycles. The van der Waals surface area contributed by atoms with Crippen LogP contribution < -0.4 is 5.32 Å². The van der Waals surface area contributed by atoms with E-state index < -0.39 is 12.1 Å². The van der Waals surface area contributed by atoms with E-state index in [1.54, 1.807) is 9.80 Å². The molecule has 3 fully saturated rings. The number of carbonyl (C=O) groups excluding carboxylic acids is 4. The van der Waals surface area contributed by atoms with Crippen molar-refractivity contribution < 1.29 is 19.2 Å². The lowest BCUT2D eigenvalue weighted by Gasteiger charge is -2.34. The van der Waals surface area contributed by atoms with E-state index in [1.165, 1.54) is 13.3 Å². The number of rotatable bonds is 3. The minimum absolute atomic E-state index is 0.00322. The molecule has 0 aromatic carbocycles. The number of hydrogen-bond donors (Lipinski definition) is 1. The van der Waals surface area contributed by atoms with Gasteiger partial charge in [-0.2, -0.15) is 0 Å². The van der Waals surface area contributed by atoms with Gasteiger partial charge in [-0.25, -0.2) is 4.79 Å². The fourth-order valence-corrected chi connectivity index (χ4v) is 3.98. The first-order chi connectivity index (χ1) is 12.0. The van der Waals surface area contributed by atoms with Crippen LogP contribution in [0.15, 0.2) is 0 Å². The molecule has 0 aromatic rings. The number of carbonyl (C=O) groups is 4. The van der Waals surface area contributed by atoms with Gasteiger partial charge < -0.3 is 15.1 Å². The zero-order valence-corrected chi connectivity index (χ0v) is 14.7. The van der Waals surface area contributed by atoms with E-state index in [-0.39, 0.29) is 30.2 Å². The average Bonchev–Trinajstić information content (AvgIpc) is 2.90. The van der Waals surface area contributed by atoms with Crippen LogP contribution in [0.5, 0.6) is 0 Å². The molecule has 8 nitrogen and oxygen atoms in total. The maximum Gasteiger partial charge on any atom is 0.325 e. The SMILES string of the molecule is CC(=O)N1CCN(C(=O)CN2C(=O)N[C@@H](C3CCCCC3)C2=O)CC1. The molecule has 8 heteroatoms. The third-order valence-electron chi connectivity index (χ3n) is 5.55. The van der Waals surface area contributed by atoms with E-state index in [4.69, 9.17) is 0 Å². The molecule has 1 N–H and O–H groups in total. The van der Waals surface area contributed by atoms with Crippen molar-refractivity contribution >= 4 is 23.8 Å². The molecule has 25 heavy (non-hydrogen) atoms. The Morgan fingerprint density at radius 1 is 1.00 bits per heavy atom. The van der Waals surface area contributed by atoms with Gasteiger partial charge in [0.2, 0.25) is 11.8 Å². The molecule has 0 aromatic heterocycles. The smallest absolute Gasteiger partial charge is 0.325 e. The Labute approximate surface area is 147 Å². The predicted molar refractivity (Wildman–Crippen MR) is 89.4 cm³/mol. The maximum atomic E-state index is 12.6. The Balaban J connectivity index is 1.55. The van der Waals surface area contributed by atoms with E-state index in [0.29, 0.717) is 26.2 Å². The molecule has 138 valence electrons. The fraction of sp³-hybridized carbons (Fsp3) is 0.765. The summed E-state index contributed by atoms with van der Waals surface area (Å²) in [5, 5.41) is 2.77. The Morgan fingerprint density at radius 2 is 1.60 bits per heavy atom. The number of hydrogen-bond acceptors (Lipinski definition) is 4. The van der Waals surface area contributed by atoms with Crippen molar-refractivity contribution in [2.24, 2.45) is 5.92 Å². The van der Waals surface area contributed by atoms with Gasteiger partial charge in [0.15, 0.2) is 0 Å². The van der Waals surface area contributed by atoms with Crippen molar-refractivity contribution in [3.05, 3.63) is 0 Å². The first kappa shape index (κ1) is 17.7. The van der Waals surface area contributed by atoms with Crippen LogP contribution in [0.4, 0.5) is 4.79 Å². The van der Waals surface area contributed by atoms with Crippen molar-refractivity contribution in [2.45, 2.75) is 45.1 Å². The number of nitrogens with one attached hydrogen (secondary N) is 1. The molecule has 1 aliphatic carbocycles. The normalized spacial score (nSPS) is 25.3. The van der Waals surface area contributed by atoms with Crippen molar-refractivity contribution in [3.63, 3.8) is 0 Å². The van der Waals surface area contributed by atoms with Gasteiger partial charge in [0, 0.05) is 33.1 Å². The second kappa shape index (κ2) is 7.41. The number of nitrogens with zero attached hydrogens (tertiary/aromatic N) is 3. The summed E-state index contributed by atoms with van der Waals surface area (Å²) in [5.41, 5.74) is 0. The van der Waals surface area contributed by atoms with E-state index in [0.717, 1.165) is 30.6 Å². The summed E-state index contributed by atoms with van der Waals surface area (Å²) in [7, 11) is 0. The number of imide groups is 1. The zero-order chi connectivity index (χ0) is 18.0.